The van der Waals surface area contributed by atoms with Crippen molar-refractivity contribution in [3.63, 3.8) is 0 Å². The molecule has 2 heteroatoms. The molecule has 0 saturated carbocycles. The summed E-state index contributed by atoms with van der Waals surface area (Å²) in [6.07, 6.45) is 2.55. The van der Waals surface area contributed by atoms with Crippen molar-refractivity contribution in [3.8, 4) is 0 Å². The molecular weight excluding hydrogens is 198 g/mol. The topological polar surface area (TPSA) is 0 Å². The van der Waals surface area contributed by atoms with Crippen LogP contribution < -0.4 is 0 Å². The smallest absolute Gasteiger partial charge is 0.115 e. The minimum atomic E-state index is 0.692. The summed E-state index contributed by atoms with van der Waals surface area (Å²) in [6.45, 7) is 1.18. The minimum absolute atomic E-state index is 0.692. The third-order valence-electron chi connectivity index (χ3n) is 3.49. The minimum Gasteiger partial charge on any atom is -0.319 e. The van der Waals surface area contributed by atoms with Crippen molar-refractivity contribution in [2.75, 3.05) is 14.1 Å². The van der Waals surface area contributed by atoms with E-state index >= 15 is 0 Å². The summed E-state index contributed by atoms with van der Waals surface area (Å²) >= 11 is 0. The first kappa shape index (κ1) is 10.9. The van der Waals surface area contributed by atoms with Crippen molar-refractivity contribution in [1.29, 1.82) is 0 Å². The van der Waals surface area contributed by atoms with E-state index in [9.17, 15) is 0 Å². The summed E-state index contributed by atoms with van der Waals surface area (Å²) in [5, 5.41) is 0. The van der Waals surface area contributed by atoms with Gasteiger partial charge in [0, 0.05) is 27.8 Å². The van der Waals surface area contributed by atoms with Gasteiger partial charge >= 0.3 is 0 Å². The second kappa shape index (κ2) is 4.10. The van der Waals surface area contributed by atoms with E-state index in [1.165, 1.54) is 19.4 Å². The molecule has 0 aromatic heterocycles. The summed E-state index contributed by atoms with van der Waals surface area (Å²) in [4.78, 5) is 0. The van der Waals surface area contributed by atoms with Crippen LogP contribution in [-0.2, 0) is 6.54 Å². The highest BCUT2D eigenvalue weighted by Crippen LogP contribution is 2.40. The van der Waals surface area contributed by atoms with Gasteiger partial charge < -0.3 is 4.48 Å². The van der Waals surface area contributed by atoms with Gasteiger partial charge in [0.25, 0.3) is 0 Å². The van der Waals surface area contributed by atoms with E-state index in [1.54, 1.807) is 11.1 Å². The Morgan fingerprint density at radius 1 is 1.33 bits per heavy atom. The Bertz CT molecular complexity index is 346. The number of rotatable bonds is 3. The van der Waals surface area contributed by atoms with Crippen LogP contribution in [0, 0.1) is 0 Å². The number of hydrogen-bond donors (Lipinski definition) is 0. The maximum atomic E-state index is 3.57. The Kier molecular flexibility index (Phi) is 2.98. The molecule has 1 aromatic rings. The molecule has 1 heterocycles. The van der Waals surface area contributed by atoms with Crippen molar-refractivity contribution in [2.45, 2.75) is 31.5 Å². The predicted molar refractivity (Wildman–Crippen MR) is 64.8 cm³/mol. The molecule has 0 amide bonds. The van der Waals surface area contributed by atoms with Crippen molar-refractivity contribution in [1.82, 2.24) is 0 Å². The molecule has 1 aliphatic heterocycles. The lowest BCUT2D eigenvalue weighted by atomic mass is 10.0. The van der Waals surface area contributed by atoms with Gasteiger partial charge in [-0.25, -0.2) is 0 Å². The van der Waals surface area contributed by atoms with E-state index in [1.807, 2.05) is 0 Å². The fraction of sp³-hybridized carbons (Fsp3) is 0.538. The van der Waals surface area contributed by atoms with Gasteiger partial charge in [-0.3, -0.25) is 0 Å². The van der Waals surface area contributed by atoms with Crippen molar-refractivity contribution in [3.05, 3.63) is 35.4 Å². The normalized spacial score (nSPS) is 22.7. The molecular formula is C13H19NSi+. The zero-order valence-electron chi connectivity index (χ0n) is 9.66. The number of nitrogens with zero attached hydrogens (tertiary/aromatic N) is 1. The highest BCUT2D eigenvalue weighted by Gasteiger charge is 2.37. The van der Waals surface area contributed by atoms with Crippen molar-refractivity contribution >= 4 is 10.2 Å². The summed E-state index contributed by atoms with van der Waals surface area (Å²) < 4.78 is 1.12. The third kappa shape index (κ3) is 2.01. The molecule has 0 saturated heterocycles. The largest absolute Gasteiger partial charge is 0.319 e. The molecule has 0 spiro atoms. The van der Waals surface area contributed by atoms with Crippen LogP contribution in [0.2, 0.25) is 6.04 Å². The molecule has 1 nitrogen and oxygen atoms in total. The Hall–Kier alpha value is -0.603. The summed E-state index contributed by atoms with van der Waals surface area (Å²) in [5.41, 5.74) is 3.11. The van der Waals surface area contributed by atoms with Gasteiger partial charge in [0.1, 0.15) is 12.6 Å². The Balaban J connectivity index is 2.26. The molecule has 1 unspecified atom stereocenters. The molecule has 0 aliphatic carbocycles. The summed E-state index contributed by atoms with van der Waals surface area (Å²) in [6, 6.07) is 10.7. The molecule has 15 heavy (non-hydrogen) atoms. The average Bonchev–Trinajstić information content (AvgIpc) is 2.45. The monoisotopic (exact) mass is 217 g/mol. The predicted octanol–water partition coefficient (Wildman–Crippen LogP) is 2.68. The van der Waals surface area contributed by atoms with E-state index in [0.717, 1.165) is 10.5 Å². The van der Waals surface area contributed by atoms with Crippen LogP contribution in [0.25, 0.3) is 0 Å². The molecule has 0 N–H and O–H groups in total. The lowest BCUT2D eigenvalue weighted by Gasteiger charge is -2.32. The second-order valence-corrected chi connectivity index (χ2v) is 5.54. The van der Waals surface area contributed by atoms with Gasteiger partial charge in [-0.2, -0.15) is 0 Å². The van der Waals surface area contributed by atoms with E-state index in [2.05, 4.69) is 48.6 Å². The van der Waals surface area contributed by atoms with Crippen LogP contribution in [0.1, 0.15) is 30.0 Å². The molecule has 2 rings (SSSR count). The van der Waals surface area contributed by atoms with Crippen molar-refractivity contribution < 1.29 is 4.48 Å². The Morgan fingerprint density at radius 3 is 2.80 bits per heavy atom. The van der Waals surface area contributed by atoms with Gasteiger partial charge in [-0.15, -0.1) is 0 Å². The number of fused-ring (bicyclic) bond motifs is 1. The van der Waals surface area contributed by atoms with E-state index in [-0.39, 0.29) is 0 Å². The van der Waals surface area contributed by atoms with Gasteiger partial charge in [-0.1, -0.05) is 36.7 Å². The average molecular weight is 217 g/mol. The molecule has 0 fully saturated rings. The lowest BCUT2D eigenvalue weighted by Crippen LogP contribution is -2.37. The van der Waals surface area contributed by atoms with Gasteiger partial charge in [0.2, 0.25) is 0 Å². The molecule has 1 aromatic carbocycles. The number of quaternary nitrogens is 1. The van der Waals surface area contributed by atoms with Gasteiger partial charge in [-0.05, 0) is 0 Å². The van der Waals surface area contributed by atoms with Crippen molar-refractivity contribution in [2.24, 2.45) is 0 Å². The first-order chi connectivity index (χ1) is 7.15. The van der Waals surface area contributed by atoms with Crippen LogP contribution in [-0.4, -0.2) is 28.8 Å². The maximum absolute atomic E-state index is 3.57. The molecule has 1 atom stereocenters. The van der Waals surface area contributed by atoms with E-state index in [0.29, 0.717) is 6.04 Å². The fourth-order valence-electron chi connectivity index (χ4n) is 2.73. The van der Waals surface area contributed by atoms with Crippen LogP contribution in [0.3, 0.4) is 0 Å². The number of benzene rings is 1. The van der Waals surface area contributed by atoms with Crippen LogP contribution in [0.5, 0.6) is 0 Å². The maximum Gasteiger partial charge on any atom is 0.115 e. The Morgan fingerprint density at radius 2 is 2.07 bits per heavy atom. The third-order valence-corrected chi connectivity index (χ3v) is 3.84. The first-order valence-electron chi connectivity index (χ1n) is 5.70. The van der Waals surface area contributed by atoms with Crippen LogP contribution in [0.15, 0.2) is 24.3 Å². The number of hydrogen-bond acceptors (Lipinski definition) is 0. The highest BCUT2D eigenvalue weighted by molar-refractivity contribution is 6.08. The van der Waals surface area contributed by atoms with Gasteiger partial charge in [0.05, 0.1) is 14.1 Å². The molecule has 3 radical (unpaired) electrons. The lowest BCUT2D eigenvalue weighted by molar-refractivity contribution is -0.927. The molecule has 0 bridgehead atoms. The highest BCUT2D eigenvalue weighted by atomic mass is 28.1. The van der Waals surface area contributed by atoms with E-state index in [4.69, 9.17) is 0 Å². The van der Waals surface area contributed by atoms with E-state index < -0.39 is 0 Å². The molecule has 79 valence electrons. The van der Waals surface area contributed by atoms with Gasteiger partial charge in [0.15, 0.2) is 0 Å². The molecule has 1 aliphatic rings. The Labute approximate surface area is 96.1 Å². The standard InChI is InChI=1S/C13H19NSi/c1-14(2)10-11-6-3-4-7-12(11)13(14)8-5-9-15/h3-4,6-7,13H,5,8-10H2,1-2H3/q+1. The quantitative estimate of drug-likeness (QED) is 0.539. The summed E-state index contributed by atoms with van der Waals surface area (Å²) in [5.74, 6) is 0. The zero-order valence-corrected chi connectivity index (χ0v) is 10.7. The second-order valence-electron chi connectivity index (χ2n) is 5.04. The van der Waals surface area contributed by atoms with Crippen LogP contribution >= 0.6 is 0 Å². The fourth-order valence-corrected chi connectivity index (χ4v) is 2.93. The van der Waals surface area contributed by atoms with Crippen LogP contribution in [0.4, 0.5) is 0 Å². The first-order valence-corrected chi connectivity index (χ1v) is 6.41. The zero-order chi connectivity index (χ0) is 10.9. The summed E-state index contributed by atoms with van der Waals surface area (Å²) in [7, 11) is 8.26. The SMILES string of the molecule is C[N+]1(C)Cc2ccccc2C1CCC[Si].